The summed E-state index contributed by atoms with van der Waals surface area (Å²) in [5.41, 5.74) is 0.482. The maximum absolute atomic E-state index is 12.5. The molecule has 1 aromatic heterocycles. The van der Waals surface area contributed by atoms with Crippen molar-refractivity contribution < 1.29 is 14.3 Å². The maximum Gasteiger partial charge on any atom is 0.255 e. The summed E-state index contributed by atoms with van der Waals surface area (Å²) in [4.78, 5) is 15.0. The molecule has 1 N–H and O–H groups in total. The van der Waals surface area contributed by atoms with Gasteiger partial charge in [0.1, 0.15) is 0 Å². The van der Waals surface area contributed by atoms with E-state index in [9.17, 15) is 4.79 Å². The highest BCUT2D eigenvalue weighted by Crippen LogP contribution is 2.30. The maximum atomic E-state index is 12.5. The van der Waals surface area contributed by atoms with Crippen LogP contribution >= 0.6 is 11.3 Å². The average molecular weight is 319 g/mol. The van der Waals surface area contributed by atoms with Gasteiger partial charge in [-0.3, -0.25) is 4.79 Å². The highest BCUT2D eigenvalue weighted by molar-refractivity contribution is 7.11. The molecule has 118 valence electrons. The van der Waals surface area contributed by atoms with Gasteiger partial charge in [0.05, 0.1) is 19.8 Å². The molecule has 0 saturated heterocycles. The summed E-state index contributed by atoms with van der Waals surface area (Å²) in [7, 11) is 3.09. The van der Waals surface area contributed by atoms with Crippen molar-refractivity contribution in [1.82, 2.24) is 5.32 Å². The first kappa shape index (κ1) is 16.4. The monoisotopic (exact) mass is 319 g/mol. The summed E-state index contributed by atoms with van der Waals surface area (Å²) in [5.74, 6) is 0.856. The van der Waals surface area contributed by atoms with E-state index in [-0.39, 0.29) is 11.9 Å². The Balaban J connectivity index is 2.08. The molecule has 0 aliphatic rings. The molecular formula is C17H21NO3S. The summed E-state index contributed by atoms with van der Waals surface area (Å²) < 4.78 is 10.5. The number of hydrogen-bond donors (Lipinski definition) is 1. The molecule has 0 radical (unpaired) electrons. The zero-order chi connectivity index (χ0) is 16.1. The van der Waals surface area contributed by atoms with Crippen LogP contribution in [0.15, 0.2) is 30.3 Å². The number of hydrogen-bond acceptors (Lipinski definition) is 4. The lowest BCUT2D eigenvalue weighted by atomic mass is 10.1. The molecule has 0 saturated carbocycles. The number of nitrogens with one attached hydrogen (secondary N) is 1. The van der Waals surface area contributed by atoms with Gasteiger partial charge in [0, 0.05) is 22.2 Å². The molecule has 1 unspecified atom stereocenters. The molecule has 5 heteroatoms. The van der Waals surface area contributed by atoms with Crippen LogP contribution in [-0.2, 0) is 6.42 Å². The minimum atomic E-state index is -0.156. The van der Waals surface area contributed by atoms with Crippen LogP contribution in [0.3, 0.4) is 0 Å². The van der Waals surface area contributed by atoms with Crippen LogP contribution in [0.5, 0.6) is 11.5 Å². The molecule has 1 heterocycles. The Morgan fingerprint density at radius 1 is 1.23 bits per heavy atom. The highest BCUT2D eigenvalue weighted by atomic mass is 32.1. The number of methoxy groups -OCH3 is 2. The Morgan fingerprint density at radius 2 is 2.00 bits per heavy atom. The number of aryl methyl sites for hydroxylation is 1. The molecule has 0 bridgehead atoms. The van der Waals surface area contributed by atoms with E-state index in [0.29, 0.717) is 17.1 Å². The molecule has 0 fully saturated rings. The van der Waals surface area contributed by atoms with Crippen LogP contribution in [0.25, 0.3) is 0 Å². The minimum Gasteiger partial charge on any atom is -0.493 e. The largest absolute Gasteiger partial charge is 0.493 e. The third-order valence-electron chi connectivity index (χ3n) is 3.33. The van der Waals surface area contributed by atoms with Crippen LogP contribution in [0, 0.1) is 6.92 Å². The lowest BCUT2D eigenvalue weighted by molar-refractivity contribution is 0.0936. The first-order chi connectivity index (χ1) is 10.5. The molecule has 2 aromatic rings. The third kappa shape index (κ3) is 3.80. The van der Waals surface area contributed by atoms with Gasteiger partial charge in [0.15, 0.2) is 11.5 Å². The number of para-hydroxylation sites is 1. The van der Waals surface area contributed by atoms with Gasteiger partial charge in [0.25, 0.3) is 5.91 Å². The van der Waals surface area contributed by atoms with Crippen LogP contribution in [0.2, 0.25) is 0 Å². The predicted molar refractivity (Wildman–Crippen MR) is 89.2 cm³/mol. The van der Waals surface area contributed by atoms with E-state index in [1.807, 2.05) is 6.92 Å². The molecular weight excluding hydrogens is 298 g/mol. The molecule has 0 aliphatic heterocycles. The van der Waals surface area contributed by atoms with Crippen molar-refractivity contribution in [1.29, 1.82) is 0 Å². The van der Waals surface area contributed by atoms with Gasteiger partial charge < -0.3 is 14.8 Å². The SMILES string of the molecule is COc1cccc(C(=O)NC(C)Cc2ccc(C)s2)c1OC. The molecule has 22 heavy (non-hydrogen) atoms. The Morgan fingerprint density at radius 3 is 2.59 bits per heavy atom. The second-order valence-corrected chi connectivity index (χ2v) is 6.50. The summed E-state index contributed by atoms with van der Waals surface area (Å²) in [5, 5.41) is 3.01. The van der Waals surface area contributed by atoms with Crippen molar-refractivity contribution >= 4 is 17.2 Å². The first-order valence-corrected chi connectivity index (χ1v) is 7.94. The van der Waals surface area contributed by atoms with Gasteiger partial charge in [-0.1, -0.05) is 6.07 Å². The summed E-state index contributed by atoms with van der Waals surface area (Å²) in [6.45, 7) is 4.08. The first-order valence-electron chi connectivity index (χ1n) is 7.12. The number of benzene rings is 1. The summed E-state index contributed by atoms with van der Waals surface area (Å²) in [6.07, 6.45) is 0.816. The van der Waals surface area contributed by atoms with E-state index < -0.39 is 0 Å². The number of ether oxygens (including phenoxy) is 2. The van der Waals surface area contributed by atoms with Gasteiger partial charge in [-0.25, -0.2) is 0 Å². The van der Waals surface area contributed by atoms with Crippen LogP contribution < -0.4 is 14.8 Å². The van der Waals surface area contributed by atoms with Crippen LogP contribution in [-0.4, -0.2) is 26.2 Å². The summed E-state index contributed by atoms with van der Waals surface area (Å²) >= 11 is 1.76. The predicted octanol–water partition coefficient (Wildman–Crippen LogP) is 3.43. The third-order valence-corrected chi connectivity index (χ3v) is 4.35. The van der Waals surface area contributed by atoms with E-state index in [4.69, 9.17) is 9.47 Å². The lowest BCUT2D eigenvalue weighted by Gasteiger charge is -2.16. The Labute approximate surface area is 135 Å². The molecule has 0 spiro atoms. The number of carbonyl (C=O) groups excluding carboxylic acids is 1. The van der Waals surface area contributed by atoms with E-state index in [0.717, 1.165) is 6.42 Å². The zero-order valence-corrected chi connectivity index (χ0v) is 14.1. The fourth-order valence-corrected chi connectivity index (χ4v) is 3.33. The fourth-order valence-electron chi connectivity index (χ4n) is 2.32. The molecule has 0 aliphatic carbocycles. The van der Waals surface area contributed by atoms with Crippen molar-refractivity contribution in [3.63, 3.8) is 0 Å². The molecule has 2 rings (SSSR count). The number of amides is 1. The Hall–Kier alpha value is -2.01. The van der Waals surface area contributed by atoms with Crippen LogP contribution in [0.1, 0.15) is 27.0 Å². The number of carbonyl (C=O) groups is 1. The quantitative estimate of drug-likeness (QED) is 0.887. The van der Waals surface area contributed by atoms with Crippen molar-refractivity contribution in [3.8, 4) is 11.5 Å². The number of rotatable bonds is 6. The van der Waals surface area contributed by atoms with Crippen molar-refractivity contribution in [2.24, 2.45) is 0 Å². The van der Waals surface area contributed by atoms with Crippen molar-refractivity contribution in [2.45, 2.75) is 26.3 Å². The molecule has 1 amide bonds. The smallest absolute Gasteiger partial charge is 0.255 e. The van der Waals surface area contributed by atoms with Crippen molar-refractivity contribution in [3.05, 3.63) is 45.6 Å². The van der Waals surface area contributed by atoms with Gasteiger partial charge >= 0.3 is 0 Å². The Bertz CT molecular complexity index is 651. The number of thiophene rings is 1. The average Bonchev–Trinajstić information content (AvgIpc) is 2.90. The summed E-state index contributed by atoms with van der Waals surface area (Å²) in [6, 6.07) is 9.53. The van der Waals surface area contributed by atoms with Gasteiger partial charge in [-0.2, -0.15) is 0 Å². The van der Waals surface area contributed by atoms with E-state index in [1.165, 1.54) is 16.9 Å². The fraction of sp³-hybridized carbons (Fsp3) is 0.353. The lowest BCUT2D eigenvalue weighted by Crippen LogP contribution is -2.34. The van der Waals surface area contributed by atoms with E-state index >= 15 is 0 Å². The van der Waals surface area contributed by atoms with Gasteiger partial charge in [-0.15, -0.1) is 11.3 Å². The van der Waals surface area contributed by atoms with Crippen LogP contribution in [0.4, 0.5) is 0 Å². The molecule has 1 aromatic carbocycles. The van der Waals surface area contributed by atoms with Crippen molar-refractivity contribution in [2.75, 3.05) is 14.2 Å². The normalized spacial score (nSPS) is 11.8. The van der Waals surface area contributed by atoms with Gasteiger partial charge in [-0.05, 0) is 38.1 Å². The molecule has 1 atom stereocenters. The van der Waals surface area contributed by atoms with E-state index in [1.54, 1.807) is 36.6 Å². The zero-order valence-electron chi connectivity index (χ0n) is 13.3. The van der Waals surface area contributed by atoms with E-state index in [2.05, 4.69) is 24.4 Å². The second kappa shape index (κ2) is 7.31. The Kier molecular flexibility index (Phi) is 5.44. The minimum absolute atomic E-state index is 0.0430. The standard InChI is InChI=1S/C17H21NO3S/c1-11(10-13-9-8-12(2)22-13)18-17(19)14-6-5-7-15(20-3)16(14)21-4/h5-9,11H,10H2,1-4H3,(H,18,19). The topological polar surface area (TPSA) is 47.6 Å². The molecule has 4 nitrogen and oxygen atoms in total. The van der Waals surface area contributed by atoms with Gasteiger partial charge in [0.2, 0.25) is 0 Å². The second-order valence-electron chi connectivity index (χ2n) is 5.13. The highest BCUT2D eigenvalue weighted by Gasteiger charge is 2.18.